The number of hydrogen-bond acceptors (Lipinski definition) is 7. The molecule has 0 saturated heterocycles. The van der Waals surface area contributed by atoms with Crippen LogP contribution in [-0.2, 0) is 4.74 Å². The van der Waals surface area contributed by atoms with E-state index in [1.54, 1.807) is 24.4 Å². The van der Waals surface area contributed by atoms with Crippen LogP contribution in [0.2, 0.25) is 0 Å². The molecule has 0 spiro atoms. The monoisotopic (exact) mass is 421 g/mol. The van der Waals surface area contributed by atoms with Gasteiger partial charge < -0.3 is 14.2 Å². The van der Waals surface area contributed by atoms with E-state index in [2.05, 4.69) is 4.98 Å². The summed E-state index contributed by atoms with van der Waals surface area (Å²) in [6.07, 6.45) is 6.84. The maximum atomic E-state index is 12.7. The molecule has 0 fully saturated rings. The van der Waals surface area contributed by atoms with Crippen LogP contribution in [0.5, 0.6) is 11.5 Å². The standard InChI is InChI=1S/C24H23NO6/c1-14(2)7-10-19(31-24(28)15-6-5-11-25-13-15)16-12-20(29-3)21-17(26)8-9-18(27)22(21)23(16)30-4/h5-9,11-13,19H,10H2,1-4H3/t19-/m1/s1. The Hall–Kier alpha value is -3.74. The molecule has 0 amide bonds. The molecule has 160 valence electrons. The van der Waals surface area contributed by atoms with Gasteiger partial charge in [-0.25, -0.2) is 4.79 Å². The van der Waals surface area contributed by atoms with Crippen molar-refractivity contribution < 1.29 is 28.6 Å². The molecule has 1 atom stereocenters. The van der Waals surface area contributed by atoms with Gasteiger partial charge in [-0.1, -0.05) is 11.6 Å². The molecule has 3 rings (SSSR count). The number of aromatic nitrogens is 1. The third-order valence-electron chi connectivity index (χ3n) is 4.81. The van der Waals surface area contributed by atoms with E-state index in [0.29, 0.717) is 17.5 Å². The van der Waals surface area contributed by atoms with Gasteiger partial charge in [-0.2, -0.15) is 0 Å². The summed E-state index contributed by atoms with van der Waals surface area (Å²) in [6, 6.07) is 4.83. The Bertz CT molecular complexity index is 1080. The number of fused-ring (bicyclic) bond motifs is 1. The summed E-state index contributed by atoms with van der Waals surface area (Å²) in [4.78, 5) is 41.8. The molecule has 0 N–H and O–H groups in total. The molecule has 2 aromatic rings. The molecule has 1 heterocycles. The molecular weight excluding hydrogens is 398 g/mol. The van der Waals surface area contributed by atoms with Crippen molar-refractivity contribution in [1.29, 1.82) is 0 Å². The number of ketones is 2. The van der Waals surface area contributed by atoms with E-state index in [0.717, 1.165) is 5.57 Å². The number of rotatable bonds is 7. The average Bonchev–Trinajstić information content (AvgIpc) is 2.78. The molecule has 1 aromatic heterocycles. The van der Waals surface area contributed by atoms with E-state index in [1.165, 1.54) is 32.6 Å². The van der Waals surface area contributed by atoms with E-state index in [4.69, 9.17) is 14.2 Å². The highest BCUT2D eigenvalue weighted by atomic mass is 16.5. The molecule has 1 aromatic carbocycles. The van der Waals surface area contributed by atoms with Gasteiger partial charge in [-0.3, -0.25) is 14.6 Å². The lowest BCUT2D eigenvalue weighted by atomic mass is 9.88. The van der Waals surface area contributed by atoms with E-state index < -0.39 is 12.1 Å². The first-order chi connectivity index (χ1) is 14.9. The van der Waals surface area contributed by atoms with Crippen LogP contribution >= 0.6 is 0 Å². The van der Waals surface area contributed by atoms with Gasteiger partial charge in [0, 0.05) is 24.4 Å². The number of allylic oxidation sites excluding steroid dienone is 3. The van der Waals surface area contributed by atoms with Crippen LogP contribution in [-0.4, -0.2) is 36.7 Å². The second-order valence-corrected chi connectivity index (χ2v) is 7.17. The molecule has 0 saturated carbocycles. The molecule has 7 heteroatoms. The fourth-order valence-electron chi connectivity index (χ4n) is 3.34. The first kappa shape index (κ1) is 22.0. The highest BCUT2D eigenvalue weighted by Gasteiger charge is 2.33. The van der Waals surface area contributed by atoms with E-state index in [9.17, 15) is 14.4 Å². The maximum Gasteiger partial charge on any atom is 0.340 e. The van der Waals surface area contributed by atoms with Gasteiger partial charge in [-0.15, -0.1) is 0 Å². The minimum Gasteiger partial charge on any atom is -0.496 e. The minimum atomic E-state index is -0.787. The van der Waals surface area contributed by atoms with Gasteiger partial charge in [0.2, 0.25) is 0 Å². The molecule has 7 nitrogen and oxygen atoms in total. The summed E-state index contributed by atoms with van der Waals surface area (Å²) in [6.45, 7) is 3.86. The zero-order valence-electron chi connectivity index (χ0n) is 17.8. The molecule has 1 aliphatic carbocycles. The number of nitrogens with zero attached hydrogens (tertiary/aromatic N) is 1. The number of carbonyl (C=O) groups excluding carboxylic acids is 3. The molecule has 0 aliphatic heterocycles. The Morgan fingerprint density at radius 1 is 1.10 bits per heavy atom. The number of carbonyl (C=O) groups is 3. The van der Waals surface area contributed by atoms with Crippen LogP contribution in [0.15, 0.2) is 54.4 Å². The van der Waals surface area contributed by atoms with Gasteiger partial charge in [-0.05, 0) is 44.2 Å². The van der Waals surface area contributed by atoms with Crippen LogP contribution in [0.4, 0.5) is 0 Å². The summed E-state index contributed by atoms with van der Waals surface area (Å²) in [5, 5.41) is 0. The van der Waals surface area contributed by atoms with Crippen LogP contribution in [0.3, 0.4) is 0 Å². The topological polar surface area (TPSA) is 91.8 Å². The smallest absolute Gasteiger partial charge is 0.340 e. The Kier molecular flexibility index (Phi) is 6.65. The summed E-state index contributed by atoms with van der Waals surface area (Å²) in [5.74, 6) is -0.908. The first-order valence-electron chi connectivity index (χ1n) is 9.67. The molecule has 1 aliphatic rings. The zero-order valence-corrected chi connectivity index (χ0v) is 17.8. The Morgan fingerprint density at radius 2 is 1.81 bits per heavy atom. The third-order valence-corrected chi connectivity index (χ3v) is 4.81. The van der Waals surface area contributed by atoms with Gasteiger partial charge in [0.15, 0.2) is 11.6 Å². The highest BCUT2D eigenvalue weighted by molar-refractivity contribution is 6.24. The van der Waals surface area contributed by atoms with Crippen molar-refractivity contribution >= 4 is 17.5 Å². The molecule has 31 heavy (non-hydrogen) atoms. The Balaban J connectivity index is 2.15. The predicted molar refractivity (Wildman–Crippen MR) is 114 cm³/mol. The van der Waals surface area contributed by atoms with Crippen molar-refractivity contribution in [3.63, 3.8) is 0 Å². The molecule has 0 unspecified atom stereocenters. The summed E-state index contributed by atoms with van der Waals surface area (Å²) >= 11 is 0. The van der Waals surface area contributed by atoms with Crippen LogP contribution < -0.4 is 9.47 Å². The lowest BCUT2D eigenvalue weighted by Gasteiger charge is -2.24. The predicted octanol–water partition coefficient (Wildman–Crippen LogP) is 4.29. The summed E-state index contributed by atoms with van der Waals surface area (Å²) in [7, 11) is 2.82. The van der Waals surface area contributed by atoms with Crippen molar-refractivity contribution in [2.24, 2.45) is 0 Å². The third kappa shape index (κ3) is 4.55. The highest BCUT2D eigenvalue weighted by Crippen LogP contribution is 2.42. The summed E-state index contributed by atoms with van der Waals surface area (Å²) < 4.78 is 16.8. The van der Waals surface area contributed by atoms with Crippen LogP contribution in [0.1, 0.15) is 63.0 Å². The fraction of sp³-hybridized carbons (Fsp3) is 0.250. The van der Waals surface area contributed by atoms with Crippen molar-refractivity contribution in [2.45, 2.75) is 26.4 Å². The van der Waals surface area contributed by atoms with Crippen molar-refractivity contribution in [3.05, 3.63) is 76.6 Å². The fourth-order valence-corrected chi connectivity index (χ4v) is 3.34. The largest absolute Gasteiger partial charge is 0.496 e. The summed E-state index contributed by atoms with van der Waals surface area (Å²) in [5.41, 5.74) is 1.99. The van der Waals surface area contributed by atoms with Crippen LogP contribution in [0, 0.1) is 0 Å². The molecular formula is C24H23NO6. The minimum absolute atomic E-state index is 0.101. The Labute approximate surface area is 180 Å². The maximum absolute atomic E-state index is 12.7. The lowest BCUT2D eigenvalue weighted by Crippen LogP contribution is -2.19. The van der Waals surface area contributed by atoms with E-state index >= 15 is 0 Å². The van der Waals surface area contributed by atoms with Crippen molar-refractivity contribution in [1.82, 2.24) is 4.98 Å². The van der Waals surface area contributed by atoms with Gasteiger partial charge >= 0.3 is 5.97 Å². The lowest BCUT2D eigenvalue weighted by molar-refractivity contribution is 0.0296. The number of benzene rings is 1. The quantitative estimate of drug-likeness (QED) is 0.486. The van der Waals surface area contributed by atoms with E-state index in [-0.39, 0.29) is 34.2 Å². The van der Waals surface area contributed by atoms with Gasteiger partial charge in [0.05, 0.1) is 30.9 Å². The van der Waals surface area contributed by atoms with Crippen molar-refractivity contribution in [2.75, 3.05) is 14.2 Å². The second kappa shape index (κ2) is 9.38. The number of ether oxygens (including phenoxy) is 3. The second-order valence-electron chi connectivity index (χ2n) is 7.17. The average molecular weight is 421 g/mol. The normalized spacial score (nSPS) is 13.3. The number of pyridine rings is 1. The van der Waals surface area contributed by atoms with Crippen LogP contribution in [0.25, 0.3) is 0 Å². The number of esters is 1. The Morgan fingerprint density at radius 3 is 2.39 bits per heavy atom. The number of methoxy groups -OCH3 is 2. The van der Waals surface area contributed by atoms with Gasteiger partial charge in [0.1, 0.15) is 17.6 Å². The number of hydrogen-bond donors (Lipinski definition) is 0. The SMILES string of the molecule is COc1cc([C@@H](CC=C(C)C)OC(=O)c2cccnc2)c(OC)c2c1C(=O)C=CC2=O. The van der Waals surface area contributed by atoms with Gasteiger partial charge in [0.25, 0.3) is 0 Å². The van der Waals surface area contributed by atoms with E-state index in [1.807, 2.05) is 19.9 Å². The molecule has 0 radical (unpaired) electrons. The molecule has 0 bridgehead atoms. The van der Waals surface area contributed by atoms with Crippen molar-refractivity contribution in [3.8, 4) is 11.5 Å². The zero-order chi connectivity index (χ0) is 22.5. The first-order valence-corrected chi connectivity index (χ1v) is 9.67.